The Kier molecular flexibility index (Phi) is 30.3. The average molecular weight is 920 g/mol. The predicted octanol–water partition coefficient (Wildman–Crippen LogP) is 16.9. The summed E-state index contributed by atoms with van der Waals surface area (Å²) < 4.78 is 0. The molecule has 0 bridgehead atoms. The van der Waals surface area contributed by atoms with Gasteiger partial charge in [-0.2, -0.15) is 0 Å². The van der Waals surface area contributed by atoms with Gasteiger partial charge in [0, 0.05) is 25.9 Å². The van der Waals surface area contributed by atoms with Crippen LogP contribution in [0.25, 0.3) is 32.3 Å². The van der Waals surface area contributed by atoms with Crippen molar-refractivity contribution in [2.75, 3.05) is 13.1 Å². The number of nitrogens with one attached hydrogen (secondary N) is 3. The summed E-state index contributed by atoms with van der Waals surface area (Å²) in [6.45, 7) is 5.84. The maximum Gasteiger partial charge on any atom is 0.242 e. The zero-order valence-electron chi connectivity index (χ0n) is 43.1. The van der Waals surface area contributed by atoms with E-state index in [4.69, 9.17) is 0 Å². The van der Waals surface area contributed by atoms with Gasteiger partial charge in [-0.15, -0.1) is 0 Å². The van der Waals surface area contributed by atoms with Crippen LogP contribution in [0.2, 0.25) is 0 Å². The minimum atomic E-state index is -0.718. The summed E-state index contributed by atoms with van der Waals surface area (Å²) in [6.07, 6.45) is 44.6. The number of carbonyl (C=O) groups is 3. The topological polar surface area (TPSA) is 87.3 Å². The molecule has 0 heterocycles. The van der Waals surface area contributed by atoms with E-state index in [1.807, 2.05) is 0 Å². The molecule has 0 fully saturated rings. The molecule has 0 spiro atoms. The molecule has 4 aromatic rings. The van der Waals surface area contributed by atoms with Gasteiger partial charge >= 0.3 is 0 Å². The van der Waals surface area contributed by atoms with Gasteiger partial charge in [0.15, 0.2) is 0 Å². The largest absolute Gasteiger partial charge is 0.356 e. The van der Waals surface area contributed by atoms with E-state index in [2.05, 4.69) is 84.4 Å². The van der Waals surface area contributed by atoms with Crippen molar-refractivity contribution in [3.63, 3.8) is 0 Å². The highest BCUT2D eigenvalue weighted by molar-refractivity contribution is 6.23. The Labute approximate surface area is 409 Å². The van der Waals surface area contributed by atoms with Crippen molar-refractivity contribution < 1.29 is 14.4 Å². The number of carbonyl (C=O) groups excluding carboxylic acids is 3. The van der Waals surface area contributed by atoms with Gasteiger partial charge in [0.1, 0.15) is 6.04 Å². The van der Waals surface area contributed by atoms with Crippen molar-refractivity contribution >= 4 is 50.0 Å². The van der Waals surface area contributed by atoms with Crippen molar-refractivity contribution in [3.05, 3.63) is 60.2 Å². The predicted molar refractivity (Wildman–Crippen MR) is 289 cm³/mol. The lowest BCUT2D eigenvalue weighted by Gasteiger charge is -2.19. The molecule has 0 aliphatic heterocycles. The highest BCUT2D eigenvalue weighted by atomic mass is 16.2. The van der Waals surface area contributed by atoms with Gasteiger partial charge < -0.3 is 16.0 Å². The Hall–Kier alpha value is -3.67. The average Bonchev–Trinajstić information content (AvgIpc) is 3.34. The summed E-state index contributed by atoms with van der Waals surface area (Å²) in [5.41, 5.74) is 1.24. The number of benzene rings is 4. The molecule has 6 heteroatoms. The third-order valence-electron chi connectivity index (χ3n) is 14.5. The van der Waals surface area contributed by atoms with Crippen LogP contribution in [-0.4, -0.2) is 36.9 Å². The lowest BCUT2D eigenvalue weighted by molar-refractivity contribution is -0.129. The quantitative estimate of drug-likeness (QED) is 0.0305. The van der Waals surface area contributed by atoms with Crippen LogP contribution in [0.5, 0.6) is 0 Å². The van der Waals surface area contributed by atoms with Crippen molar-refractivity contribution in [1.82, 2.24) is 16.0 Å². The first kappa shape index (κ1) is 55.9. The van der Waals surface area contributed by atoms with Gasteiger partial charge in [0.05, 0.1) is 0 Å². The van der Waals surface area contributed by atoms with Crippen LogP contribution in [0.4, 0.5) is 0 Å². The van der Waals surface area contributed by atoms with Crippen molar-refractivity contribution in [3.8, 4) is 0 Å². The van der Waals surface area contributed by atoms with Gasteiger partial charge in [0.25, 0.3) is 0 Å². The Balaban J connectivity index is 1.11. The lowest BCUT2D eigenvalue weighted by Crippen LogP contribution is -2.47. The molecular weight excluding hydrogens is 823 g/mol. The van der Waals surface area contributed by atoms with E-state index < -0.39 is 6.04 Å². The Morgan fingerprint density at radius 3 is 1.28 bits per heavy atom. The molecule has 0 unspecified atom stereocenters. The van der Waals surface area contributed by atoms with Crippen molar-refractivity contribution in [2.24, 2.45) is 0 Å². The molecule has 0 saturated heterocycles. The lowest BCUT2D eigenvalue weighted by atomic mass is 9.90. The fraction of sp³-hybridized carbons (Fsp3) is 0.689. The molecule has 67 heavy (non-hydrogen) atoms. The van der Waals surface area contributed by atoms with E-state index in [-0.39, 0.29) is 24.1 Å². The van der Waals surface area contributed by atoms with Crippen LogP contribution in [-0.2, 0) is 20.8 Å². The molecule has 4 aromatic carbocycles. The highest BCUT2D eigenvalue weighted by Crippen LogP contribution is 2.36. The van der Waals surface area contributed by atoms with Gasteiger partial charge in [-0.25, -0.2) is 0 Å². The monoisotopic (exact) mass is 920 g/mol. The zero-order chi connectivity index (χ0) is 47.4. The zero-order valence-corrected chi connectivity index (χ0v) is 43.1. The first-order chi connectivity index (χ1) is 33.0. The third kappa shape index (κ3) is 23.5. The summed E-state index contributed by atoms with van der Waals surface area (Å²) in [5.74, 6) is -0.347. The number of amides is 3. The molecule has 3 amide bonds. The number of rotatable bonds is 43. The molecule has 0 radical (unpaired) electrons. The maximum atomic E-state index is 13.5. The second-order valence-corrected chi connectivity index (χ2v) is 20.3. The van der Waals surface area contributed by atoms with Crippen LogP contribution in [0.1, 0.15) is 251 Å². The highest BCUT2D eigenvalue weighted by Gasteiger charge is 2.22. The van der Waals surface area contributed by atoms with Crippen molar-refractivity contribution in [2.45, 2.75) is 257 Å². The van der Waals surface area contributed by atoms with Crippen LogP contribution >= 0.6 is 0 Å². The minimum absolute atomic E-state index is 0.0418. The molecule has 0 aliphatic carbocycles. The van der Waals surface area contributed by atoms with Gasteiger partial charge in [-0.05, 0) is 70.0 Å². The minimum Gasteiger partial charge on any atom is -0.356 e. The molecular formula is C61H97N3O3. The van der Waals surface area contributed by atoms with Crippen molar-refractivity contribution in [1.29, 1.82) is 0 Å². The van der Waals surface area contributed by atoms with Gasteiger partial charge in [-0.1, -0.05) is 261 Å². The van der Waals surface area contributed by atoms with Gasteiger partial charge in [0.2, 0.25) is 17.7 Å². The first-order valence-electron chi connectivity index (χ1n) is 28.5. The van der Waals surface area contributed by atoms with Crippen LogP contribution in [0.3, 0.4) is 0 Å². The van der Waals surface area contributed by atoms with E-state index in [1.54, 1.807) is 0 Å². The van der Waals surface area contributed by atoms with E-state index in [0.29, 0.717) is 32.4 Å². The van der Waals surface area contributed by atoms with E-state index in [9.17, 15) is 14.4 Å². The summed E-state index contributed by atoms with van der Waals surface area (Å²) in [6, 6.07) is 19.0. The molecule has 374 valence electrons. The molecule has 1 atom stereocenters. The Morgan fingerprint density at radius 1 is 0.403 bits per heavy atom. The number of aryl methyl sites for hydroxylation is 1. The molecule has 6 nitrogen and oxygen atoms in total. The Morgan fingerprint density at radius 2 is 0.806 bits per heavy atom. The fourth-order valence-electron chi connectivity index (χ4n) is 10.3. The summed E-state index contributed by atoms with van der Waals surface area (Å²) in [5, 5.41) is 16.8. The van der Waals surface area contributed by atoms with Crippen LogP contribution < -0.4 is 16.0 Å². The Bertz CT molecular complexity index is 1870. The second-order valence-electron chi connectivity index (χ2n) is 20.3. The maximum absolute atomic E-state index is 13.5. The molecule has 0 aliphatic rings. The normalized spacial score (nSPS) is 12.1. The van der Waals surface area contributed by atoms with E-state index in [0.717, 1.165) is 32.1 Å². The smallest absolute Gasteiger partial charge is 0.242 e. The summed E-state index contributed by atoms with van der Waals surface area (Å²) >= 11 is 0. The number of unbranched alkanes of at least 4 members (excludes halogenated alkanes) is 30. The number of hydrogen-bond acceptors (Lipinski definition) is 3. The standard InChI is InChI=1S/C61H97N3O3/c1-3-5-7-9-11-13-15-17-19-21-23-25-27-29-31-33-49-62-57(65)48-47-56(61(67)63-50-34-32-30-28-26-24-22-20-18-16-14-12-10-8-6-4-2)64-58(66)40-36-37-51-41-42-54-44-43-52-38-35-39-53-45-46-55(51)60(54)59(52)53/h35,38-39,41-46,56H,3-34,36-37,40,47-50H2,1-2H3,(H,62,65)(H,63,67)(H,64,66)/t56-/m0/s1. The molecule has 4 rings (SSSR count). The molecule has 0 saturated carbocycles. The fourth-order valence-corrected chi connectivity index (χ4v) is 10.3. The molecule has 3 N–H and O–H groups in total. The van der Waals surface area contributed by atoms with Crippen LogP contribution in [0, 0.1) is 0 Å². The first-order valence-corrected chi connectivity index (χ1v) is 28.5. The third-order valence-corrected chi connectivity index (χ3v) is 14.5. The summed E-state index contributed by atoms with van der Waals surface area (Å²) in [4.78, 5) is 39.9. The number of hydrogen-bond donors (Lipinski definition) is 3. The van der Waals surface area contributed by atoms with E-state index in [1.165, 1.54) is 218 Å². The van der Waals surface area contributed by atoms with Crippen LogP contribution in [0.15, 0.2) is 54.6 Å². The molecule has 0 aromatic heterocycles. The second kappa shape index (κ2) is 36.3. The van der Waals surface area contributed by atoms with E-state index >= 15 is 0 Å². The van der Waals surface area contributed by atoms with Gasteiger partial charge in [-0.3, -0.25) is 14.4 Å². The SMILES string of the molecule is CCCCCCCCCCCCCCCCCCNC(=O)CC[C@H](NC(=O)CCCc1ccc2ccc3cccc4ccc1c2c34)C(=O)NCCCCCCCCCCCCCCCCCC. The summed E-state index contributed by atoms with van der Waals surface area (Å²) in [7, 11) is 0.